The minimum absolute atomic E-state index is 0.522. The Morgan fingerprint density at radius 2 is 0.945 bits per heavy atom. The molecule has 1 aliphatic carbocycles. The smallest absolute Gasteiger partial charge is 0.170 e. The molecule has 55 heavy (non-hydrogen) atoms. The molecule has 0 amide bonds. The van der Waals surface area contributed by atoms with Crippen molar-refractivity contribution in [1.29, 1.82) is 0 Å². The Morgan fingerprint density at radius 1 is 0.364 bits per heavy atom. The summed E-state index contributed by atoms with van der Waals surface area (Å²) in [6.07, 6.45) is 0. The standard InChI is InChI=1S/C51H32N2O2/c1-4-16-33(17-5-1)49-40-25-13-15-27-44(40)52-50(53-49)39-24-11-10-22-37(39)34-28-29-45-46(30-34)55-47-31-41-38-23-12-14-26-42(38)51(35-18-6-2-7-19-35,36-20-8-3-9-21-36)43(41)32-48(47)54-45/h1-32H. The van der Waals surface area contributed by atoms with E-state index in [0.29, 0.717) is 28.8 Å². The van der Waals surface area contributed by atoms with Crippen LogP contribution in [-0.4, -0.2) is 9.97 Å². The fourth-order valence-electron chi connectivity index (χ4n) is 8.63. The van der Waals surface area contributed by atoms with Gasteiger partial charge in [-0.3, -0.25) is 0 Å². The molecule has 0 fully saturated rings. The topological polar surface area (TPSA) is 44.2 Å². The molecule has 0 spiro atoms. The van der Waals surface area contributed by atoms with Crippen LogP contribution in [-0.2, 0) is 5.41 Å². The second-order valence-electron chi connectivity index (χ2n) is 14.1. The van der Waals surface area contributed by atoms with Crippen molar-refractivity contribution in [2.75, 3.05) is 0 Å². The summed E-state index contributed by atoms with van der Waals surface area (Å²) in [6, 6.07) is 67.6. The quantitative estimate of drug-likeness (QED) is 0.179. The lowest BCUT2D eigenvalue weighted by atomic mass is 9.67. The van der Waals surface area contributed by atoms with E-state index in [0.717, 1.165) is 44.4 Å². The first-order valence-corrected chi connectivity index (χ1v) is 18.6. The summed E-state index contributed by atoms with van der Waals surface area (Å²) in [4.78, 5) is 10.3. The molecule has 0 saturated carbocycles. The Labute approximate surface area is 319 Å². The summed E-state index contributed by atoms with van der Waals surface area (Å²) in [7, 11) is 0. The van der Waals surface area contributed by atoms with Gasteiger partial charge in [0.15, 0.2) is 28.8 Å². The van der Waals surface area contributed by atoms with Gasteiger partial charge in [-0.05, 0) is 74.8 Å². The average molecular weight is 705 g/mol. The van der Waals surface area contributed by atoms with Gasteiger partial charge in [-0.15, -0.1) is 0 Å². The van der Waals surface area contributed by atoms with Crippen LogP contribution in [0.25, 0.3) is 55.8 Å². The first-order valence-electron chi connectivity index (χ1n) is 18.6. The summed E-state index contributed by atoms with van der Waals surface area (Å²) in [5.41, 5.74) is 12.4. The fourth-order valence-corrected chi connectivity index (χ4v) is 8.63. The van der Waals surface area contributed by atoms with Gasteiger partial charge in [0.2, 0.25) is 0 Å². The molecule has 0 unspecified atom stereocenters. The zero-order valence-corrected chi connectivity index (χ0v) is 29.7. The number of aromatic nitrogens is 2. The van der Waals surface area contributed by atoms with Crippen molar-refractivity contribution in [2.24, 2.45) is 0 Å². The highest BCUT2D eigenvalue weighted by Crippen LogP contribution is 2.59. The lowest BCUT2D eigenvalue weighted by molar-refractivity contribution is 0.359. The Morgan fingerprint density at radius 3 is 1.71 bits per heavy atom. The van der Waals surface area contributed by atoms with Gasteiger partial charge in [-0.1, -0.05) is 164 Å². The molecule has 2 heterocycles. The third-order valence-corrected chi connectivity index (χ3v) is 11.0. The van der Waals surface area contributed by atoms with Crippen LogP contribution >= 0.6 is 0 Å². The maximum atomic E-state index is 6.78. The van der Waals surface area contributed by atoms with E-state index in [9.17, 15) is 0 Å². The van der Waals surface area contributed by atoms with Crippen molar-refractivity contribution < 1.29 is 9.47 Å². The second-order valence-corrected chi connectivity index (χ2v) is 14.1. The molecule has 9 aromatic rings. The Hall–Kier alpha value is -7.30. The summed E-state index contributed by atoms with van der Waals surface area (Å²) in [5.74, 6) is 3.38. The number of rotatable bonds is 5. The van der Waals surface area contributed by atoms with Crippen LogP contribution in [0.2, 0.25) is 0 Å². The average Bonchev–Trinajstić information content (AvgIpc) is 3.55. The van der Waals surface area contributed by atoms with Crippen LogP contribution in [0.1, 0.15) is 22.3 Å². The molecule has 0 radical (unpaired) electrons. The van der Waals surface area contributed by atoms with E-state index in [-0.39, 0.29) is 0 Å². The molecule has 1 aromatic heterocycles. The molecule has 1 aliphatic heterocycles. The van der Waals surface area contributed by atoms with Crippen molar-refractivity contribution in [3.05, 3.63) is 216 Å². The van der Waals surface area contributed by atoms with Gasteiger partial charge >= 0.3 is 0 Å². The highest BCUT2D eigenvalue weighted by Gasteiger charge is 2.47. The Bertz CT molecular complexity index is 2880. The summed E-state index contributed by atoms with van der Waals surface area (Å²) in [5, 5.41) is 1.02. The van der Waals surface area contributed by atoms with Gasteiger partial charge in [0.25, 0.3) is 0 Å². The number of hydrogen-bond acceptors (Lipinski definition) is 4. The normalized spacial score (nSPS) is 13.2. The van der Waals surface area contributed by atoms with Gasteiger partial charge in [-0.2, -0.15) is 0 Å². The van der Waals surface area contributed by atoms with Crippen LogP contribution in [0.5, 0.6) is 23.0 Å². The van der Waals surface area contributed by atoms with E-state index in [1.54, 1.807) is 0 Å². The van der Waals surface area contributed by atoms with E-state index in [2.05, 4.69) is 152 Å². The third kappa shape index (κ3) is 4.85. The molecule has 11 rings (SSSR count). The summed E-state index contributed by atoms with van der Waals surface area (Å²) in [6.45, 7) is 0. The van der Waals surface area contributed by atoms with Crippen LogP contribution in [0.3, 0.4) is 0 Å². The minimum atomic E-state index is -0.522. The van der Waals surface area contributed by atoms with E-state index < -0.39 is 5.41 Å². The number of hydrogen-bond donors (Lipinski definition) is 0. The van der Waals surface area contributed by atoms with Crippen LogP contribution in [0, 0.1) is 0 Å². The zero-order chi connectivity index (χ0) is 36.3. The lowest BCUT2D eigenvalue weighted by Crippen LogP contribution is -2.28. The second kappa shape index (κ2) is 12.4. The zero-order valence-electron chi connectivity index (χ0n) is 29.7. The molecular formula is C51H32N2O2. The number of ether oxygens (including phenoxy) is 2. The maximum absolute atomic E-state index is 6.78. The number of benzene rings is 8. The Balaban J connectivity index is 1.03. The molecular weight excluding hydrogens is 673 g/mol. The number of fused-ring (bicyclic) bond motifs is 6. The van der Waals surface area contributed by atoms with Gasteiger partial charge in [0.1, 0.15) is 0 Å². The molecule has 0 saturated heterocycles. The highest BCUT2D eigenvalue weighted by atomic mass is 16.6. The molecule has 0 bridgehead atoms. The highest BCUT2D eigenvalue weighted by molar-refractivity contribution is 5.95. The van der Waals surface area contributed by atoms with Crippen LogP contribution in [0.15, 0.2) is 194 Å². The summed E-state index contributed by atoms with van der Waals surface area (Å²) >= 11 is 0. The van der Waals surface area contributed by atoms with Gasteiger partial charge < -0.3 is 9.47 Å². The predicted molar refractivity (Wildman–Crippen MR) is 220 cm³/mol. The minimum Gasteiger partial charge on any atom is -0.450 e. The maximum Gasteiger partial charge on any atom is 0.170 e. The first kappa shape index (κ1) is 31.2. The first-order chi connectivity index (χ1) is 27.3. The van der Waals surface area contributed by atoms with E-state index >= 15 is 0 Å². The molecule has 0 N–H and O–H groups in total. The molecule has 2 aliphatic rings. The van der Waals surface area contributed by atoms with Gasteiger partial charge in [0, 0.05) is 16.5 Å². The predicted octanol–water partition coefficient (Wildman–Crippen LogP) is 12.9. The molecule has 4 nitrogen and oxygen atoms in total. The van der Waals surface area contributed by atoms with Gasteiger partial charge in [-0.25, -0.2) is 9.97 Å². The Kier molecular flexibility index (Phi) is 7.04. The van der Waals surface area contributed by atoms with Crippen molar-refractivity contribution in [1.82, 2.24) is 9.97 Å². The summed E-state index contributed by atoms with van der Waals surface area (Å²) < 4.78 is 13.5. The SMILES string of the molecule is c1ccc(-c2nc(-c3ccccc3-c3ccc4c(c3)Oc3cc5c(cc3O4)C(c3ccccc3)(c3ccccc3)c3ccccc3-5)nc3ccccc23)cc1. The molecule has 258 valence electrons. The fraction of sp³-hybridized carbons (Fsp3) is 0.0196. The number of nitrogens with zero attached hydrogens (tertiary/aromatic N) is 2. The third-order valence-electron chi connectivity index (χ3n) is 11.0. The molecule has 8 aromatic carbocycles. The van der Waals surface area contributed by atoms with Crippen molar-refractivity contribution in [3.63, 3.8) is 0 Å². The monoisotopic (exact) mass is 704 g/mol. The van der Waals surface area contributed by atoms with Crippen LogP contribution in [0.4, 0.5) is 0 Å². The van der Waals surface area contributed by atoms with E-state index in [1.165, 1.54) is 27.8 Å². The van der Waals surface area contributed by atoms with E-state index in [4.69, 9.17) is 19.4 Å². The van der Waals surface area contributed by atoms with E-state index in [1.807, 2.05) is 42.5 Å². The van der Waals surface area contributed by atoms with Crippen LogP contribution < -0.4 is 9.47 Å². The van der Waals surface area contributed by atoms with Crippen molar-refractivity contribution in [3.8, 4) is 67.9 Å². The molecule has 0 atom stereocenters. The van der Waals surface area contributed by atoms with Crippen molar-refractivity contribution in [2.45, 2.75) is 5.41 Å². The molecule has 4 heteroatoms. The lowest BCUT2D eigenvalue weighted by Gasteiger charge is -2.34. The van der Waals surface area contributed by atoms with Crippen molar-refractivity contribution >= 4 is 10.9 Å². The largest absolute Gasteiger partial charge is 0.450 e. The number of para-hydroxylation sites is 1. The van der Waals surface area contributed by atoms with Gasteiger partial charge in [0.05, 0.1) is 16.6 Å².